The molecule has 2 amide bonds. The van der Waals surface area contributed by atoms with Crippen molar-refractivity contribution in [1.82, 2.24) is 15.1 Å². The Labute approximate surface area is 263 Å². The lowest BCUT2D eigenvalue weighted by atomic mass is 9.93. The standard InChI is InChI=1S/C36H40N4O5/c1-24-9-4-15-33(26(24)3)45-18-8-16-34(41)40-17-7-13-31-30(12-6-14-32(31)40)29-21-37-39(23-29)22-27-10-5-11-28(20-27)36(44)38-25(2)19-35(42)43/h4-6,9-12,14-15,20-21,23,25H,7-8,13,16-19,22H2,1-3H3,(H,38,44)(H,42,43). The molecule has 1 unspecified atom stereocenters. The summed E-state index contributed by atoms with van der Waals surface area (Å²) >= 11 is 0. The average Bonchev–Trinajstić information content (AvgIpc) is 3.48. The number of aryl methyl sites for hydroxylation is 1. The predicted octanol–water partition coefficient (Wildman–Crippen LogP) is 5.95. The fourth-order valence-electron chi connectivity index (χ4n) is 5.78. The van der Waals surface area contributed by atoms with Gasteiger partial charge in [0.15, 0.2) is 0 Å². The highest BCUT2D eigenvalue weighted by molar-refractivity contribution is 5.96. The summed E-state index contributed by atoms with van der Waals surface area (Å²) in [4.78, 5) is 38.8. The molecule has 0 saturated heterocycles. The number of aromatic nitrogens is 2. The number of benzene rings is 3. The molecule has 1 aliphatic heterocycles. The van der Waals surface area contributed by atoms with E-state index in [1.807, 2.05) is 58.4 Å². The number of hydrogen-bond acceptors (Lipinski definition) is 5. The van der Waals surface area contributed by atoms with Crippen LogP contribution in [0.25, 0.3) is 11.1 Å². The Balaban J connectivity index is 1.23. The van der Waals surface area contributed by atoms with E-state index in [4.69, 9.17) is 9.84 Å². The minimum atomic E-state index is -0.959. The van der Waals surface area contributed by atoms with Crippen molar-refractivity contribution in [1.29, 1.82) is 0 Å². The van der Waals surface area contributed by atoms with E-state index in [0.717, 1.165) is 52.1 Å². The fraction of sp³-hybridized carbons (Fsp3) is 0.333. The lowest BCUT2D eigenvalue weighted by Crippen LogP contribution is -2.35. The number of carbonyl (C=O) groups is 3. The van der Waals surface area contributed by atoms with E-state index < -0.39 is 12.0 Å². The zero-order valence-electron chi connectivity index (χ0n) is 26.1. The molecule has 3 aromatic carbocycles. The Kier molecular flexibility index (Phi) is 9.97. The molecule has 5 rings (SSSR count). The van der Waals surface area contributed by atoms with Crippen LogP contribution in [0.2, 0.25) is 0 Å². The van der Waals surface area contributed by atoms with Gasteiger partial charge >= 0.3 is 5.97 Å². The largest absolute Gasteiger partial charge is 0.493 e. The van der Waals surface area contributed by atoms with E-state index in [0.29, 0.717) is 38.1 Å². The first kappa shape index (κ1) is 31.5. The van der Waals surface area contributed by atoms with Gasteiger partial charge in [0, 0.05) is 42.0 Å². The van der Waals surface area contributed by atoms with Gasteiger partial charge < -0.3 is 20.1 Å². The average molecular weight is 609 g/mol. The number of fused-ring (bicyclic) bond motifs is 1. The van der Waals surface area contributed by atoms with Crippen molar-refractivity contribution in [3.8, 4) is 16.9 Å². The molecule has 4 aromatic rings. The molecular formula is C36H40N4O5. The molecule has 1 aliphatic rings. The van der Waals surface area contributed by atoms with Crippen molar-refractivity contribution < 1.29 is 24.2 Å². The number of carboxylic acids is 1. The van der Waals surface area contributed by atoms with E-state index in [1.54, 1.807) is 19.1 Å². The highest BCUT2D eigenvalue weighted by Crippen LogP contribution is 2.36. The first-order valence-corrected chi connectivity index (χ1v) is 15.5. The molecule has 45 heavy (non-hydrogen) atoms. The number of aliphatic carboxylic acids is 1. The monoisotopic (exact) mass is 608 g/mol. The maximum Gasteiger partial charge on any atom is 0.305 e. The summed E-state index contributed by atoms with van der Waals surface area (Å²) in [5.74, 6) is -0.290. The first-order chi connectivity index (χ1) is 21.7. The van der Waals surface area contributed by atoms with Crippen LogP contribution in [-0.4, -0.2) is 51.9 Å². The van der Waals surface area contributed by atoms with E-state index in [9.17, 15) is 14.4 Å². The van der Waals surface area contributed by atoms with Crippen LogP contribution in [0.3, 0.4) is 0 Å². The third-order valence-corrected chi connectivity index (χ3v) is 8.24. The number of carboxylic acid groups (broad SMARTS) is 1. The highest BCUT2D eigenvalue weighted by Gasteiger charge is 2.25. The summed E-state index contributed by atoms with van der Waals surface area (Å²) in [6, 6.07) is 18.9. The van der Waals surface area contributed by atoms with Crippen LogP contribution < -0.4 is 15.0 Å². The van der Waals surface area contributed by atoms with Crippen LogP contribution in [0.15, 0.2) is 73.1 Å². The quantitative estimate of drug-likeness (QED) is 0.192. The molecule has 0 spiro atoms. The molecule has 0 radical (unpaired) electrons. The summed E-state index contributed by atoms with van der Waals surface area (Å²) in [6.45, 7) is 7.45. The number of nitrogens with one attached hydrogen (secondary N) is 1. The predicted molar refractivity (Wildman–Crippen MR) is 174 cm³/mol. The van der Waals surface area contributed by atoms with Gasteiger partial charge in [0.1, 0.15) is 5.75 Å². The van der Waals surface area contributed by atoms with Crippen LogP contribution in [0.1, 0.15) is 65.2 Å². The van der Waals surface area contributed by atoms with Crippen LogP contribution in [-0.2, 0) is 22.6 Å². The van der Waals surface area contributed by atoms with Crippen molar-refractivity contribution in [3.05, 3.63) is 101 Å². The normalized spacial score (nSPS) is 13.2. The summed E-state index contributed by atoms with van der Waals surface area (Å²) in [5.41, 5.74) is 7.84. The number of nitrogens with zero attached hydrogens (tertiary/aromatic N) is 3. The number of ether oxygens (including phenoxy) is 1. The molecule has 0 aliphatic carbocycles. The Morgan fingerprint density at radius 1 is 1.07 bits per heavy atom. The summed E-state index contributed by atoms with van der Waals surface area (Å²) in [6.07, 6.45) is 6.53. The zero-order valence-corrected chi connectivity index (χ0v) is 26.1. The van der Waals surface area contributed by atoms with Crippen LogP contribution in [0.4, 0.5) is 5.69 Å². The van der Waals surface area contributed by atoms with E-state index in [2.05, 4.69) is 36.4 Å². The molecule has 9 heteroatoms. The van der Waals surface area contributed by atoms with Crippen molar-refractivity contribution in [3.63, 3.8) is 0 Å². The molecule has 2 heterocycles. The second-order valence-corrected chi connectivity index (χ2v) is 11.7. The van der Waals surface area contributed by atoms with Gasteiger partial charge in [-0.2, -0.15) is 5.10 Å². The molecule has 1 aromatic heterocycles. The van der Waals surface area contributed by atoms with Crippen LogP contribution >= 0.6 is 0 Å². The Morgan fingerprint density at radius 3 is 2.69 bits per heavy atom. The van der Waals surface area contributed by atoms with E-state index >= 15 is 0 Å². The Bertz CT molecular complexity index is 1690. The molecule has 1 atom stereocenters. The van der Waals surface area contributed by atoms with Gasteiger partial charge in [-0.3, -0.25) is 19.1 Å². The van der Waals surface area contributed by atoms with E-state index in [1.165, 1.54) is 5.56 Å². The molecule has 9 nitrogen and oxygen atoms in total. The molecular weight excluding hydrogens is 568 g/mol. The topological polar surface area (TPSA) is 114 Å². The Morgan fingerprint density at radius 2 is 1.87 bits per heavy atom. The lowest BCUT2D eigenvalue weighted by Gasteiger charge is -2.31. The smallest absolute Gasteiger partial charge is 0.305 e. The molecule has 0 saturated carbocycles. The van der Waals surface area contributed by atoms with Gasteiger partial charge in [-0.1, -0.05) is 36.4 Å². The van der Waals surface area contributed by atoms with Crippen molar-refractivity contribution in [2.75, 3.05) is 18.1 Å². The van der Waals surface area contributed by atoms with Gasteiger partial charge in [0.05, 0.1) is 25.8 Å². The number of rotatable bonds is 12. The van der Waals surface area contributed by atoms with Gasteiger partial charge in [0.25, 0.3) is 5.91 Å². The Hall–Kier alpha value is -4.92. The minimum Gasteiger partial charge on any atom is -0.493 e. The molecule has 0 fully saturated rings. The van der Waals surface area contributed by atoms with Crippen LogP contribution in [0.5, 0.6) is 5.75 Å². The number of amides is 2. The summed E-state index contributed by atoms with van der Waals surface area (Å²) < 4.78 is 7.81. The SMILES string of the molecule is Cc1cccc(OCCCC(=O)N2CCCc3c(-c4cnn(Cc5cccc(C(=O)NC(C)CC(=O)O)c5)c4)cccc32)c1C. The maximum atomic E-state index is 13.3. The summed E-state index contributed by atoms with van der Waals surface area (Å²) in [5, 5.41) is 16.3. The number of hydrogen-bond donors (Lipinski definition) is 2. The highest BCUT2D eigenvalue weighted by atomic mass is 16.5. The second kappa shape index (κ2) is 14.2. The fourth-order valence-corrected chi connectivity index (χ4v) is 5.78. The zero-order chi connectivity index (χ0) is 31.9. The maximum absolute atomic E-state index is 13.3. The second-order valence-electron chi connectivity index (χ2n) is 11.7. The summed E-state index contributed by atoms with van der Waals surface area (Å²) in [7, 11) is 0. The van der Waals surface area contributed by atoms with E-state index in [-0.39, 0.29) is 18.2 Å². The van der Waals surface area contributed by atoms with Gasteiger partial charge in [0.2, 0.25) is 5.91 Å². The van der Waals surface area contributed by atoms with Gasteiger partial charge in [-0.15, -0.1) is 0 Å². The molecule has 234 valence electrons. The minimum absolute atomic E-state index is 0.106. The third kappa shape index (κ3) is 7.78. The number of carbonyl (C=O) groups excluding carboxylic acids is 2. The van der Waals surface area contributed by atoms with Crippen molar-refractivity contribution in [2.24, 2.45) is 0 Å². The third-order valence-electron chi connectivity index (χ3n) is 8.24. The molecule has 0 bridgehead atoms. The van der Waals surface area contributed by atoms with Crippen molar-refractivity contribution >= 4 is 23.5 Å². The number of anilines is 1. The first-order valence-electron chi connectivity index (χ1n) is 15.5. The van der Waals surface area contributed by atoms with Gasteiger partial charge in [-0.25, -0.2) is 0 Å². The van der Waals surface area contributed by atoms with Gasteiger partial charge in [-0.05, 0) is 92.1 Å². The van der Waals surface area contributed by atoms with Crippen molar-refractivity contribution in [2.45, 2.75) is 65.5 Å². The van der Waals surface area contributed by atoms with Crippen LogP contribution in [0, 0.1) is 13.8 Å². The lowest BCUT2D eigenvalue weighted by molar-refractivity contribution is -0.137. The molecule has 2 N–H and O–H groups in total.